The van der Waals surface area contributed by atoms with Crippen LogP contribution in [0, 0.1) is 6.92 Å². The van der Waals surface area contributed by atoms with Gasteiger partial charge in [-0.1, -0.05) is 19.3 Å². The fourth-order valence-electron chi connectivity index (χ4n) is 3.56. The van der Waals surface area contributed by atoms with E-state index >= 15 is 0 Å². The number of nitrogens with two attached hydrogens (primary N) is 1. The van der Waals surface area contributed by atoms with E-state index in [2.05, 4.69) is 0 Å². The van der Waals surface area contributed by atoms with Crippen LogP contribution in [0.2, 0.25) is 0 Å². The van der Waals surface area contributed by atoms with Crippen molar-refractivity contribution in [1.82, 2.24) is 9.78 Å². The van der Waals surface area contributed by atoms with E-state index in [-0.39, 0.29) is 17.5 Å². The Kier molecular flexibility index (Phi) is 3.52. The summed E-state index contributed by atoms with van der Waals surface area (Å²) in [6.45, 7) is 2.02. The first-order valence-electron chi connectivity index (χ1n) is 7.53. The highest BCUT2D eigenvalue weighted by molar-refractivity contribution is 7.91. The molecule has 3 rings (SSSR count). The third-order valence-corrected chi connectivity index (χ3v) is 6.53. The summed E-state index contributed by atoms with van der Waals surface area (Å²) < 4.78 is 25.1. The number of aromatic nitrogens is 2. The Hall–Kier alpha value is -1.04. The number of anilines is 1. The van der Waals surface area contributed by atoms with Crippen molar-refractivity contribution in [3.05, 3.63) is 11.3 Å². The molecule has 6 heteroatoms. The van der Waals surface area contributed by atoms with Crippen LogP contribution < -0.4 is 5.73 Å². The zero-order valence-corrected chi connectivity index (χ0v) is 12.8. The smallest absolute Gasteiger partial charge is 0.152 e. The van der Waals surface area contributed by atoms with Crippen LogP contribution in [-0.2, 0) is 9.84 Å². The molecule has 1 aromatic heterocycles. The van der Waals surface area contributed by atoms with Gasteiger partial charge in [-0.2, -0.15) is 5.10 Å². The Bertz CT molecular complexity index is 600. The van der Waals surface area contributed by atoms with Crippen LogP contribution in [0.1, 0.15) is 61.7 Å². The number of nitrogen functional groups attached to an aromatic ring is 1. The van der Waals surface area contributed by atoms with Crippen molar-refractivity contribution < 1.29 is 8.42 Å². The van der Waals surface area contributed by atoms with Gasteiger partial charge < -0.3 is 5.73 Å². The molecule has 5 nitrogen and oxygen atoms in total. The first-order chi connectivity index (χ1) is 9.48. The fourth-order valence-corrected chi connectivity index (χ4v) is 5.25. The average Bonchev–Trinajstić information content (AvgIpc) is 2.93. The van der Waals surface area contributed by atoms with Crippen molar-refractivity contribution in [1.29, 1.82) is 0 Å². The largest absolute Gasteiger partial charge is 0.384 e. The Morgan fingerprint density at radius 1 is 1.20 bits per heavy atom. The van der Waals surface area contributed by atoms with Crippen molar-refractivity contribution in [3.8, 4) is 0 Å². The molecular formula is C14H23N3O2S. The Morgan fingerprint density at radius 2 is 1.90 bits per heavy atom. The first kappa shape index (κ1) is 13.9. The molecule has 0 bridgehead atoms. The number of rotatable bonds is 2. The molecule has 2 fully saturated rings. The minimum atomic E-state index is -2.91. The summed E-state index contributed by atoms with van der Waals surface area (Å²) in [5, 5.41) is 4.71. The monoisotopic (exact) mass is 297 g/mol. The van der Waals surface area contributed by atoms with Gasteiger partial charge in [0.25, 0.3) is 0 Å². The normalized spacial score (nSPS) is 26.9. The van der Waals surface area contributed by atoms with Gasteiger partial charge in [0.15, 0.2) is 9.84 Å². The highest BCUT2D eigenvalue weighted by Gasteiger charge is 2.32. The van der Waals surface area contributed by atoms with Crippen LogP contribution in [-0.4, -0.2) is 29.7 Å². The topological polar surface area (TPSA) is 78.0 Å². The number of nitrogens with zero attached hydrogens (tertiary/aromatic N) is 2. The lowest BCUT2D eigenvalue weighted by Crippen LogP contribution is -2.15. The molecule has 1 saturated carbocycles. The van der Waals surface area contributed by atoms with Crippen LogP contribution in [0.3, 0.4) is 0 Å². The minimum absolute atomic E-state index is 0.0731. The van der Waals surface area contributed by atoms with E-state index in [1.54, 1.807) is 4.68 Å². The third-order valence-electron chi connectivity index (χ3n) is 4.78. The molecule has 1 unspecified atom stereocenters. The van der Waals surface area contributed by atoms with Crippen LogP contribution in [0.4, 0.5) is 5.82 Å². The van der Waals surface area contributed by atoms with Gasteiger partial charge in [0.2, 0.25) is 0 Å². The highest BCUT2D eigenvalue weighted by Crippen LogP contribution is 2.37. The zero-order chi connectivity index (χ0) is 14.3. The van der Waals surface area contributed by atoms with Crippen molar-refractivity contribution in [2.45, 2.75) is 57.4 Å². The van der Waals surface area contributed by atoms with E-state index < -0.39 is 9.84 Å². The maximum atomic E-state index is 11.6. The lowest BCUT2D eigenvalue weighted by Gasteiger charge is -2.20. The molecule has 0 radical (unpaired) electrons. The van der Waals surface area contributed by atoms with E-state index in [4.69, 9.17) is 10.8 Å². The molecule has 1 aromatic rings. The molecular weight excluding hydrogens is 274 g/mol. The van der Waals surface area contributed by atoms with Crippen molar-refractivity contribution in [2.75, 3.05) is 17.2 Å². The predicted octanol–water partition coefficient (Wildman–Crippen LogP) is 2.18. The molecule has 0 amide bonds. The molecule has 112 valence electrons. The summed E-state index contributed by atoms with van der Waals surface area (Å²) in [6, 6.07) is -0.0731. The highest BCUT2D eigenvalue weighted by atomic mass is 32.2. The third kappa shape index (κ3) is 2.45. The Labute approximate surface area is 120 Å². The van der Waals surface area contributed by atoms with E-state index in [9.17, 15) is 8.42 Å². The zero-order valence-electron chi connectivity index (χ0n) is 12.0. The Balaban J connectivity index is 1.89. The summed E-state index contributed by atoms with van der Waals surface area (Å²) in [4.78, 5) is 0. The summed E-state index contributed by atoms with van der Waals surface area (Å²) in [5.41, 5.74) is 8.34. The first-order valence-corrected chi connectivity index (χ1v) is 9.35. The molecule has 1 aliphatic heterocycles. The summed E-state index contributed by atoms with van der Waals surface area (Å²) >= 11 is 0. The van der Waals surface area contributed by atoms with Crippen molar-refractivity contribution >= 4 is 15.7 Å². The second kappa shape index (κ2) is 5.06. The molecule has 1 atom stereocenters. The van der Waals surface area contributed by atoms with Crippen LogP contribution in [0.25, 0.3) is 0 Å². The molecule has 2 aliphatic rings. The fraction of sp³-hybridized carbons (Fsp3) is 0.786. The number of hydrogen-bond acceptors (Lipinski definition) is 4. The molecule has 0 aromatic carbocycles. The molecule has 2 N–H and O–H groups in total. The Morgan fingerprint density at radius 3 is 2.50 bits per heavy atom. The molecule has 1 aliphatic carbocycles. The van der Waals surface area contributed by atoms with Crippen LogP contribution >= 0.6 is 0 Å². The number of hydrogen-bond donors (Lipinski definition) is 1. The van der Waals surface area contributed by atoms with Gasteiger partial charge in [0.05, 0.1) is 23.2 Å². The van der Waals surface area contributed by atoms with Gasteiger partial charge in [0, 0.05) is 11.5 Å². The van der Waals surface area contributed by atoms with Gasteiger partial charge in [0.1, 0.15) is 5.82 Å². The quantitative estimate of drug-likeness (QED) is 0.907. The van der Waals surface area contributed by atoms with Crippen molar-refractivity contribution in [2.24, 2.45) is 0 Å². The maximum absolute atomic E-state index is 11.6. The summed E-state index contributed by atoms with van der Waals surface area (Å²) in [6.07, 6.45) is 6.83. The molecule has 2 heterocycles. The SMILES string of the molecule is Cc1c(C2CCCCC2)nn(C2CCS(=O)(=O)C2)c1N. The minimum Gasteiger partial charge on any atom is -0.384 e. The van der Waals surface area contributed by atoms with Gasteiger partial charge in [-0.25, -0.2) is 13.1 Å². The van der Waals surface area contributed by atoms with Crippen LogP contribution in [0.15, 0.2) is 0 Å². The molecule has 20 heavy (non-hydrogen) atoms. The summed E-state index contributed by atoms with van der Waals surface area (Å²) in [5.74, 6) is 1.61. The summed E-state index contributed by atoms with van der Waals surface area (Å²) in [7, 11) is -2.91. The number of sulfone groups is 1. The second-order valence-electron chi connectivity index (χ2n) is 6.23. The van der Waals surface area contributed by atoms with Gasteiger partial charge in [-0.15, -0.1) is 0 Å². The standard InChI is InChI=1S/C14H23N3O2S/c1-10-13(11-5-3-2-4-6-11)16-17(14(10)15)12-7-8-20(18,19)9-12/h11-12H,2-9,15H2,1H3. The second-order valence-corrected chi connectivity index (χ2v) is 8.46. The van der Waals surface area contributed by atoms with Gasteiger partial charge >= 0.3 is 0 Å². The molecule has 0 spiro atoms. The molecule has 1 saturated heterocycles. The van der Waals surface area contributed by atoms with Crippen molar-refractivity contribution in [3.63, 3.8) is 0 Å². The average molecular weight is 297 g/mol. The maximum Gasteiger partial charge on any atom is 0.152 e. The lowest BCUT2D eigenvalue weighted by atomic mass is 9.86. The lowest BCUT2D eigenvalue weighted by molar-refractivity contribution is 0.424. The van der Waals surface area contributed by atoms with E-state index in [0.717, 1.165) is 11.3 Å². The van der Waals surface area contributed by atoms with E-state index in [0.29, 0.717) is 18.2 Å². The van der Waals surface area contributed by atoms with Gasteiger partial charge in [-0.05, 0) is 26.2 Å². The van der Waals surface area contributed by atoms with E-state index in [1.165, 1.54) is 32.1 Å². The van der Waals surface area contributed by atoms with Gasteiger partial charge in [-0.3, -0.25) is 0 Å². The van der Waals surface area contributed by atoms with Crippen LogP contribution in [0.5, 0.6) is 0 Å². The predicted molar refractivity (Wildman–Crippen MR) is 79.5 cm³/mol. The van der Waals surface area contributed by atoms with E-state index in [1.807, 2.05) is 6.92 Å².